The average molecular weight is 166 g/mol. The van der Waals surface area contributed by atoms with Crippen molar-refractivity contribution in [1.82, 2.24) is 9.78 Å². The van der Waals surface area contributed by atoms with Gasteiger partial charge in [-0.25, -0.2) is 0 Å². The quantitative estimate of drug-likeness (QED) is 0.615. The lowest BCUT2D eigenvalue weighted by molar-refractivity contribution is 0.633. The fourth-order valence-corrected chi connectivity index (χ4v) is 1.27. The van der Waals surface area contributed by atoms with E-state index in [1.54, 1.807) is 0 Å². The van der Waals surface area contributed by atoms with Crippen LogP contribution in [0.4, 0.5) is 0 Å². The highest BCUT2D eigenvalue weighted by molar-refractivity contribution is 4.98. The van der Waals surface area contributed by atoms with Crippen molar-refractivity contribution in [2.75, 3.05) is 0 Å². The molecule has 0 N–H and O–H groups in total. The van der Waals surface area contributed by atoms with Crippen molar-refractivity contribution in [3.63, 3.8) is 0 Å². The first-order chi connectivity index (χ1) is 5.86. The second-order valence-electron chi connectivity index (χ2n) is 3.12. The molecule has 0 aliphatic heterocycles. The molecule has 1 aromatic heterocycles. The molecule has 0 fully saturated rings. The van der Waals surface area contributed by atoms with Gasteiger partial charge in [0.2, 0.25) is 0 Å². The zero-order valence-electron chi connectivity index (χ0n) is 8.08. The molecule has 0 aromatic carbocycles. The van der Waals surface area contributed by atoms with Gasteiger partial charge in [-0.3, -0.25) is 4.68 Å². The molecular formula is C10H18N2. The summed E-state index contributed by atoms with van der Waals surface area (Å²) in [5.74, 6) is 0. The average Bonchev–Trinajstić information content (AvgIpc) is 2.53. The molecule has 0 radical (unpaired) electrons. The molecule has 0 unspecified atom stereocenters. The van der Waals surface area contributed by atoms with Crippen LogP contribution in [0, 0.1) is 0 Å². The Morgan fingerprint density at radius 2 is 2.17 bits per heavy atom. The van der Waals surface area contributed by atoms with Crippen LogP contribution in [-0.2, 0) is 13.0 Å². The van der Waals surface area contributed by atoms with E-state index in [0.29, 0.717) is 0 Å². The number of nitrogens with zero attached hydrogens (tertiary/aromatic N) is 2. The number of hydrogen-bond acceptors (Lipinski definition) is 1. The molecule has 2 nitrogen and oxygen atoms in total. The van der Waals surface area contributed by atoms with Gasteiger partial charge in [0.25, 0.3) is 0 Å². The fraction of sp³-hybridized carbons (Fsp3) is 0.700. The van der Waals surface area contributed by atoms with Gasteiger partial charge in [-0.15, -0.1) is 0 Å². The van der Waals surface area contributed by atoms with Gasteiger partial charge in [-0.1, -0.05) is 19.8 Å². The Hall–Kier alpha value is -0.790. The molecule has 0 aliphatic carbocycles. The van der Waals surface area contributed by atoms with Gasteiger partial charge in [0.05, 0.1) is 5.69 Å². The first kappa shape index (κ1) is 9.30. The summed E-state index contributed by atoms with van der Waals surface area (Å²) in [6, 6.07) is 2.12. The predicted octanol–water partition coefficient (Wildman–Crippen LogP) is 2.64. The van der Waals surface area contributed by atoms with E-state index in [9.17, 15) is 0 Å². The second kappa shape index (κ2) is 4.96. The van der Waals surface area contributed by atoms with Crippen LogP contribution >= 0.6 is 0 Å². The maximum atomic E-state index is 4.42. The molecule has 0 saturated heterocycles. The highest BCUT2D eigenvalue weighted by atomic mass is 15.3. The van der Waals surface area contributed by atoms with Crippen molar-refractivity contribution in [2.24, 2.45) is 0 Å². The molecule has 0 saturated carbocycles. The minimum absolute atomic E-state index is 0.980. The van der Waals surface area contributed by atoms with E-state index < -0.39 is 0 Å². The molecule has 0 amide bonds. The Kier molecular flexibility index (Phi) is 3.85. The number of hydrogen-bond donors (Lipinski definition) is 0. The summed E-state index contributed by atoms with van der Waals surface area (Å²) in [5, 5.41) is 4.42. The van der Waals surface area contributed by atoms with E-state index in [-0.39, 0.29) is 0 Å². The van der Waals surface area contributed by atoms with Crippen molar-refractivity contribution >= 4 is 0 Å². The van der Waals surface area contributed by atoms with E-state index in [1.165, 1.54) is 25.0 Å². The first-order valence-electron chi connectivity index (χ1n) is 4.89. The van der Waals surface area contributed by atoms with Gasteiger partial charge in [0.1, 0.15) is 0 Å². The van der Waals surface area contributed by atoms with Crippen LogP contribution in [0.2, 0.25) is 0 Å². The second-order valence-corrected chi connectivity index (χ2v) is 3.12. The van der Waals surface area contributed by atoms with E-state index in [2.05, 4.69) is 31.2 Å². The van der Waals surface area contributed by atoms with Gasteiger partial charge >= 0.3 is 0 Å². The van der Waals surface area contributed by atoms with Crippen LogP contribution < -0.4 is 0 Å². The topological polar surface area (TPSA) is 17.8 Å². The summed E-state index contributed by atoms with van der Waals surface area (Å²) in [4.78, 5) is 0. The van der Waals surface area contributed by atoms with Gasteiger partial charge in [0, 0.05) is 12.7 Å². The third-order valence-electron chi connectivity index (χ3n) is 2.06. The third-order valence-corrected chi connectivity index (χ3v) is 2.06. The number of rotatable bonds is 5. The minimum Gasteiger partial charge on any atom is -0.273 e. The van der Waals surface area contributed by atoms with Crippen LogP contribution in [0.15, 0.2) is 12.3 Å². The van der Waals surface area contributed by atoms with Crippen molar-refractivity contribution in [2.45, 2.75) is 46.1 Å². The van der Waals surface area contributed by atoms with E-state index in [1.807, 2.05) is 4.68 Å². The smallest absolute Gasteiger partial charge is 0.0624 e. The number of unbranched alkanes of at least 4 members (excludes halogenated alkanes) is 2. The zero-order valence-corrected chi connectivity index (χ0v) is 8.08. The molecule has 0 spiro atoms. The molecule has 1 heterocycles. The SMILES string of the molecule is CCCCCc1ccn(CC)n1. The predicted molar refractivity (Wildman–Crippen MR) is 51.1 cm³/mol. The molecule has 1 aromatic rings. The third kappa shape index (κ3) is 2.68. The monoisotopic (exact) mass is 166 g/mol. The highest BCUT2D eigenvalue weighted by Crippen LogP contribution is 2.03. The molecular weight excluding hydrogens is 148 g/mol. The molecule has 0 bridgehead atoms. The van der Waals surface area contributed by atoms with E-state index in [0.717, 1.165) is 13.0 Å². The summed E-state index contributed by atoms with van der Waals surface area (Å²) in [6.07, 6.45) is 7.08. The Labute approximate surface area is 74.6 Å². The Morgan fingerprint density at radius 1 is 1.33 bits per heavy atom. The highest BCUT2D eigenvalue weighted by Gasteiger charge is 1.96. The Bertz CT molecular complexity index is 215. The normalized spacial score (nSPS) is 10.5. The summed E-state index contributed by atoms with van der Waals surface area (Å²) in [7, 11) is 0. The molecule has 12 heavy (non-hydrogen) atoms. The van der Waals surface area contributed by atoms with Crippen molar-refractivity contribution < 1.29 is 0 Å². The van der Waals surface area contributed by atoms with Crippen LogP contribution in [-0.4, -0.2) is 9.78 Å². The van der Waals surface area contributed by atoms with Crippen LogP contribution in [0.5, 0.6) is 0 Å². The standard InChI is InChI=1S/C10H18N2/c1-3-5-6-7-10-8-9-12(4-2)11-10/h8-9H,3-7H2,1-2H3. The van der Waals surface area contributed by atoms with Crippen molar-refractivity contribution in [1.29, 1.82) is 0 Å². The Balaban J connectivity index is 2.31. The maximum absolute atomic E-state index is 4.42. The van der Waals surface area contributed by atoms with Crippen LogP contribution in [0.3, 0.4) is 0 Å². The van der Waals surface area contributed by atoms with Crippen molar-refractivity contribution in [3.05, 3.63) is 18.0 Å². The summed E-state index contributed by atoms with van der Waals surface area (Å²) >= 11 is 0. The largest absolute Gasteiger partial charge is 0.273 e. The molecule has 68 valence electrons. The Morgan fingerprint density at radius 3 is 2.75 bits per heavy atom. The van der Waals surface area contributed by atoms with Gasteiger partial charge in [-0.2, -0.15) is 5.10 Å². The van der Waals surface area contributed by atoms with Crippen LogP contribution in [0.1, 0.15) is 38.8 Å². The lowest BCUT2D eigenvalue weighted by Gasteiger charge is -1.95. The molecule has 2 heteroatoms. The van der Waals surface area contributed by atoms with E-state index in [4.69, 9.17) is 0 Å². The lowest BCUT2D eigenvalue weighted by Crippen LogP contribution is -1.95. The summed E-state index contributed by atoms with van der Waals surface area (Å²) in [5.41, 5.74) is 1.24. The van der Waals surface area contributed by atoms with E-state index >= 15 is 0 Å². The van der Waals surface area contributed by atoms with Crippen molar-refractivity contribution in [3.8, 4) is 0 Å². The first-order valence-corrected chi connectivity index (χ1v) is 4.89. The van der Waals surface area contributed by atoms with Gasteiger partial charge < -0.3 is 0 Å². The number of aromatic nitrogens is 2. The lowest BCUT2D eigenvalue weighted by atomic mass is 10.2. The molecule has 0 aliphatic rings. The number of aryl methyl sites for hydroxylation is 2. The zero-order chi connectivity index (χ0) is 8.81. The fourth-order valence-electron chi connectivity index (χ4n) is 1.27. The molecule has 0 atom stereocenters. The molecule has 1 rings (SSSR count). The van der Waals surface area contributed by atoms with Crippen LogP contribution in [0.25, 0.3) is 0 Å². The minimum atomic E-state index is 0.980. The van der Waals surface area contributed by atoms with Gasteiger partial charge in [-0.05, 0) is 25.8 Å². The summed E-state index contributed by atoms with van der Waals surface area (Å²) in [6.45, 7) is 5.32. The summed E-state index contributed by atoms with van der Waals surface area (Å²) < 4.78 is 1.99. The van der Waals surface area contributed by atoms with Gasteiger partial charge in [0.15, 0.2) is 0 Å². The maximum Gasteiger partial charge on any atom is 0.0624 e.